The number of ether oxygens (including phenoxy) is 2. The van der Waals surface area contributed by atoms with Crippen LogP contribution in [0.15, 0.2) is 35.1 Å². The first-order chi connectivity index (χ1) is 11.2. The summed E-state index contributed by atoms with van der Waals surface area (Å²) in [6.45, 7) is 1.79. The minimum absolute atomic E-state index is 0.0742. The first-order valence-corrected chi connectivity index (χ1v) is 9.08. The van der Waals surface area contributed by atoms with E-state index in [0.717, 1.165) is 6.42 Å². The smallest absolute Gasteiger partial charge is 0.337 e. The summed E-state index contributed by atoms with van der Waals surface area (Å²) in [5.41, 5.74) is 0.568. The zero-order valence-electron chi connectivity index (χ0n) is 13.4. The van der Waals surface area contributed by atoms with Crippen LogP contribution in [0.2, 0.25) is 0 Å². The number of carbonyl (C=O) groups is 1. The number of hydrogen-bond acceptors (Lipinski definition) is 3. The van der Waals surface area contributed by atoms with Crippen molar-refractivity contribution in [1.29, 1.82) is 0 Å². The molecule has 132 valence electrons. The fraction of sp³-hybridized carbons (Fsp3) is 0.471. The second-order valence-corrected chi connectivity index (χ2v) is 8.15. The highest BCUT2D eigenvalue weighted by Crippen LogP contribution is 2.46. The molecule has 1 aromatic rings. The number of benzene rings is 1. The van der Waals surface area contributed by atoms with Gasteiger partial charge in [0.1, 0.15) is 5.75 Å². The Morgan fingerprint density at radius 1 is 1.38 bits per heavy atom. The summed E-state index contributed by atoms with van der Waals surface area (Å²) in [6.07, 6.45) is 2.05. The maximum Gasteiger partial charge on any atom is 0.337 e. The van der Waals surface area contributed by atoms with E-state index in [1.54, 1.807) is 38.3 Å². The zero-order valence-corrected chi connectivity index (χ0v) is 16.4. The highest BCUT2D eigenvalue weighted by atomic mass is 35.5. The maximum absolute atomic E-state index is 12.8. The number of esters is 1. The highest BCUT2D eigenvalue weighted by molar-refractivity contribution is 6.51. The molecule has 0 heterocycles. The number of allylic oxidation sites excluding steroid dienone is 2. The lowest BCUT2D eigenvalue weighted by molar-refractivity contribution is -0.143. The van der Waals surface area contributed by atoms with Gasteiger partial charge in [0.15, 0.2) is 15.0 Å². The van der Waals surface area contributed by atoms with E-state index < -0.39 is 15.2 Å². The number of rotatable bonds is 5. The average Bonchev–Trinajstić information content (AvgIpc) is 2.57. The van der Waals surface area contributed by atoms with Gasteiger partial charge in [-0.3, -0.25) is 0 Å². The Morgan fingerprint density at radius 2 is 2.08 bits per heavy atom. The standard InChI is InChI=1S/C17H18Cl4O3/c1-3-16(19,11-6-4-7-12(10-11)23-2)15(22)24-14-13(18)8-5-9-17(14,20)21/h4,6-7,10H,3,5,8-9H2,1-2H3/t16-/m0/s1. The van der Waals surface area contributed by atoms with Crippen molar-refractivity contribution >= 4 is 52.4 Å². The van der Waals surface area contributed by atoms with Crippen molar-refractivity contribution in [3.8, 4) is 5.75 Å². The van der Waals surface area contributed by atoms with Gasteiger partial charge in [0, 0.05) is 0 Å². The van der Waals surface area contributed by atoms with Crippen LogP contribution < -0.4 is 4.74 Å². The Bertz CT molecular complexity index is 657. The molecule has 0 fully saturated rings. The second kappa shape index (κ2) is 7.74. The lowest BCUT2D eigenvalue weighted by atomic mass is 9.95. The summed E-state index contributed by atoms with van der Waals surface area (Å²) in [6, 6.07) is 6.97. The molecule has 1 aliphatic rings. The summed E-state index contributed by atoms with van der Waals surface area (Å²) in [5, 5.41) is 0.348. The van der Waals surface area contributed by atoms with Crippen molar-refractivity contribution in [1.82, 2.24) is 0 Å². The van der Waals surface area contributed by atoms with Crippen molar-refractivity contribution in [2.75, 3.05) is 7.11 Å². The summed E-state index contributed by atoms with van der Waals surface area (Å²) in [7, 11) is 1.54. The molecule has 7 heteroatoms. The Balaban J connectivity index is 2.34. The van der Waals surface area contributed by atoms with Crippen LogP contribution in [0.3, 0.4) is 0 Å². The molecule has 0 unspecified atom stereocenters. The van der Waals surface area contributed by atoms with E-state index in [-0.39, 0.29) is 5.76 Å². The van der Waals surface area contributed by atoms with Crippen molar-refractivity contribution < 1.29 is 14.3 Å². The van der Waals surface area contributed by atoms with Crippen LogP contribution in [0.25, 0.3) is 0 Å². The largest absolute Gasteiger partial charge is 0.497 e. The molecule has 1 aliphatic carbocycles. The summed E-state index contributed by atoms with van der Waals surface area (Å²) in [4.78, 5) is 11.4. The molecule has 0 radical (unpaired) electrons. The number of hydrogen-bond donors (Lipinski definition) is 0. The van der Waals surface area contributed by atoms with Gasteiger partial charge in [0.05, 0.1) is 12.1 Å². The van der Waals surface area contributed by atoms with Crippen LogP contribution in [-0.2, 0) is 14.4 Å². The summed E-state index contributed by atoms with van der Waals surface area (Å²) < 4.78 is 9.34. The molecule has 0 saturated carbocycles. The molecule has 1 aromatic carbocycles. The van der Waals surface area contributed by atoms with E-state index in [0.29, 0.717) is 35.6 Å². The van der Waals surface area contributed by atoms with Gasteiger partial charge in [-0.15, -0.1) is 11.6 Å². The van der Waals surface area contributed by atoms with Gasteiger partial charge in [0.2, 0.25) is 0 Å². The molecule has 0 bridgehead atoms. The molecule has 0 N–H and O–H groups in total. The molecule has 0 aliphatic heterocycles. The quantitative estimate of drug-likeness (QED) is 0.447. The monoisotopic (exact) mass is 410 g/mol. The van der Waals surface area contributed by atoms with E-state index in [4.69, 9.17) is 55.9 Å². The molecule has 24 heavy (non-hydrogen) atoms. The van der Waals surface area contributed by atoms with Gasteiger partial charge in [-0.2, -0.15) is 0 Å². The van der Waals surface area contributed by atoms with E-state index in [2.05, 4.69) is 0 Å². The van der Waals surface area contributed by atoms with Crippen LogP contribution in [-0.4, -0.2) is 17.4 Å². The SMILES string of the molecule is CC[C@@](Cl)(C(=O)OC1=C(Cl)CCCC1(Cl)Cl)c1cccc(OC)c1. The molecule has 0 spiro atoms. The van der Waals surface area contributed by atoms with Crippen LogP contribution in [0.4, 0.5) is 0 Å². The maximum atomic E-state index is 12.8. The Kier molecular flexibility index (Phi) is 6.35. The highest BCUT2D eigenvalue weighted by Gasteiger charge is 2.44. The second-order valence-electron chi connectivity index (χ2n) is 5.57. The van der Waals surface area contributed by atoms with E-state index in [1.165, 1.54) is 0 Å². The van der Waals surface area contributed by atoms with Gasteiger partial charge >= 0.3 is 5.97 Å². The first kappa shape index (κ1) is 19.7. The predicted molar refractivity (Wildman–Crippen MR) is 98.1 cm³/mol. The van der Waals surface area contributed by atoms with Crippen molar-refractivity contribution in [2.24, 2.45) is 0 Å². The number of carbonyl (C=O) groups excluding carboxylic acids is 1. The predicted octanol–water partition coefficient (Wildman–Crippen LogP) is 5.89. The first-order valence-electron chi connectivity index (χ1n) is 7.57. The fourth-order valence-electron chi connectivity index (χ4n) is 2.53. The minimum atomic E-state index is -1.39. The Hall–Kier alpha value is -0.610. The molecule has 0 saturated heterocycles. The van der Waals surface area contributed by atoms with E-state index >= 15 is 0 Å². The van der Waals surface area contributed by atoms with Gasteiger partial charge in [-0.05, 0) is 43.4 Å². The fourth-order valence-corrected chi connectivity index (χ4v) is 3.69. The van der Waals surface area contributed by atoms with Crippen LogP contribution in [0, 0.1) is 0 Å². The van der Waals surface area contributed by atoms with Gasteiger partial charge in [-0.1, -0.05) is 53.9 Å². The van der Waals surface area contributed by atoms with Crippen LogP contribution >= 0.6 is 46.4 Å². The van der Waals surface area contributed by atoms with Crippen LogP contribution in [0.5, 0.6) is 5.75 Å². The van der Waals surface area contributed by atoms with Gasteiger partial charge in [0.25, 0.3) is 0 Å². The minimum Gasteiger partial charge on any atom is -0.497 e. The topological polar surface area (TPSA) is 35.5 Å². The lowest BCUT2D eigenvalue weighted by Crippen LogP contribution is -2.34. The molecular weight excluding hydrogens is 394 g/mol. The van der Waals surface area contributed by atoms with Gasteiger partial charge < -0.3 is 9.47 Å². The molecule has 0 amide bonds. The van der Waals surface area contributed by atoms with E-state index in [1.807, 2.05) is 0 Å². The normalized spacial score (nSPS) is 19.6. The third kappa shape index (κ3) is 3.96. The van der Waals surface area contributed by atoms with Crippen LogP contribution in [0.1, 0.15) is 38.2 Å². The third-order valence-electron chi connectivity index (χ3n) is 4.00. The zero-order chi connectivity index (χ0) is 18.0. The molecular formula is C17H18Cl4O3. The Morgan fingerprint density at radius 3 is 2.67 bits per heavy atom. The Labute approximate surface area is 161 Å². The molecule has 0 aromatic heterocycles. The number of methoxy groups -OCH3 is 1. The lowest BCUT2D eigenvalue weighted by Gasteiger charge is -2.31. The summed E-state index contributed by atoms with van der Waals surface area (Å²) >= 11 is 25.3. The van der Waals surface area contributed by atoms with Crippen molar-refractivity contribution in [3.63, 3.8) is 0 Å². The summed E-state index contributed by atoms with van der Waals surface area (Å²) in [5.74, 6) is 0.00323. The van der Waals surface area contributed by atoms with Crippen molar-refractivity contribution in [3.05, 3.63) is 40.6 Å². The molecule has 2 rings (SSSR count). The van der Waals surface area contributed by atoms with Gasteiger partial charge in [-0.25, -0.2) is 4.79 Å². The molecule has 1 atom stereocenters. The number of halogens is 4. The van der Waals surface area contributed by atoms with Crippen molar-refractivity contribution in [2.45, 2.75) is 41.8 Å². The van der Waals surface area contributed by atoms with E-state index in [9.17, 15) is 4.79 Å². The average molecular weight is 412 g/mol. The number of alkyl halides is 3. The third-order valence-corrected chi connectivity index (χ3v) is 5.72. The molecule has 3 nitrogen and oxygen atoms in total.